The summed E-state index contributed by atoms with van der Waals surface area (Å²) in [4.78, 5) is 0. The van der Waals surface area contributed by atoms with E-state index >= 15 is 0 Å². The molecule has 1 rings (SSSR count). The first-order valence-electron chi connectivity index (χ1n) is 7.35. The summed E-state index contributed by atoms with van der Waals surface area (Å²) in [5.41, 5.74) is 1.43. The molecular weight excluding hydrogens is 256 g/mol. The maximum Gasteiger partial charge on any atom is 0.207 e. The van der Waals surface area contributed by atoms with E-state index < -0.39 is 0 Å². The number of ether oxygens (including phenoxy) is 2. The van der Waals surface area contributed by atoms with Gasteiger partial charge in [0, 0.05) is 11.1 Å². The van der Waals surface area contributed by atoms with E-state index in [2.05, 4.69) is 13.8 Å². The molecule has 2 N–H and O–H groups in total. The Morgan fingerprint density at radius 2 is 1.25 bits per heavy atom. The van der Waals surface area contributed by atoms with Crippen molar-refractivity contribution in [2.75, 3.05) is 13.2 Å². The molecule has 1 aromatic rings. The number of hydrogen-bond acceptors (Lipinski definition) is 4. The van der Waals surface area contributed by atoms with E-state index in [0.29, 0.717) is 24.5 Å². The highest BCUT2D eigenvalue weighted by Crippen LogP contribution is 2.48. The smallest absolute Gasteiger partial charge is 0.207 e. The van der Waals surface area contributed by atoms with Crippen LogP contribution in [-0.2, 0) is 0 Å². The predicted octanol–water partition coefficient (Wildman–Crippen LogP) is 4.07. The van der Waals surface area contributed by atoms with Gasteiger partial charge in [0.2, 0.25) is 11.5 Å². The Morgan fingerprint density at radius 1 is 0.750 bits per heavy atom. The molecule has 0 fully saturated rings. The van der Waals surface area contributed by atoms with Gasteiger partial charge in [-0.05, 0) is 26.7 Å². The van der Waals surface area contributed by atoms with Gasteiger partial charge in [-0.25, -0.2) is 0 Å². The number of rotatable bonds is 8. The van der Waals surface area contributed by atoms with Gasteiger partial charge in [0.1, 0.15) is 0 Å². The molecule has 114 valence electrons. The van der Waals surface area contributed by atoms with Gasteiger partial charge in [-0.15, -0.1) is 0 Å². The van der Waals surface area contributed by atoms with Crippen molar-refractivity contribution in [3.63, 3.8) is 0 Å². The highest BCUT2D eigenvalue weighted by atomic mass is 16.5. The number of benzene rings is 1. The van der Waals surface area contributed by atoms with E-state index in [1.165, 1.54) is 0 Å². The van der Waals surface area contributed by atoms with Crippen molar-refractivity contribution in [3.05, 3.63) is 11.1 Å². The van der Waals surface area contributed by atoms with Crippen LogP contribution in [0.4, 0.5) is 0 Å². The molecule has 1 aromatic carbocycles. The SMILES string of the molecule is CCCCOc1c(C)c(C)c(O)c(O)c1OCCCC. The monoisotopic (exact) mass is 282 g/mol. The third-order valence-electron chi connectivity index (χ3n) is 3.39. The average Bonchev–Trinajstić information content (AvgIpc) is 2.45. The second-order valence-electron chi connectivity index (χ2n) is 5.01. The lowest BCUT2D eigenvalue weighted by Gasteiger charge is -2.19. The number of aromatic hydroxyl groups is 2. The minimum Gasteiger partial charge on any atom is -0.504 e. The topological polar surface area (TPSA) is 58.9 Å². The molecule has 20 heavy (non-hydrogen) atoms. The summed E-state index contributed by atoms with van der Waals surface area (Å²) in [6, 6.07) is 0. The molecule has 0 amide bonds. The lowest BCUT2D eigenvalue weighted by molar-refractivity contribution is 0.246. The summed E-state index contributed by atoms with van der Waals surface area (Å²) in [6.07, 6.45) is 3.87. The molecule has 0 saturated heterocycles. The molecule has 0 spiro atoms. The zero-order valence-corrected chi connectivity index (χ0v) is 13.0. The third-order valence-corrected chi connectivity index (χ3v) is 3.39. The number of phenols is 2. The van der Waals surface area contributed by atoms with Crippen molar-refractivity contribution >= 4 is 0 Å². The van der Waals surface area contributed by atoms with Crippen LogP contribution in [0, 0.1) is 13.8 Å². The summed E-state index contributed by atoms with van der Waals surface area (Å²) in [7, 11) is 0. The van der Waals surface area contributed by atoms with Gasteiger partial charge < -0.3 is 19.7 Å². The van der Waals surface area contributed by atoms with Gasteiger partial charge in [-0.2, -0.15) is 0 Å². The van der Waals surface area contributed by atoms with Gasteiger partial charge in [-0.1, -0.05) is 26.7 Å². The van der Waals surface area contributed by atoms with Crippen molar-refractivity contribution < 1.29 is 19.7 Å². The summed E-state index contributed by atoms with van der Waals surface area (Å²) in [5, 5.41) is 20.0. The van der Waals surface area contributed by atoms with E-state index in [-0.39, 0.29) is 17.2 Å². The molecule has 0 aliphatic heterocycles. The third kappa shape index (κ3) is 3.71. The molecule has 0 radical (unpaired) electrons. The van der Waals surface area contributed by atoms with Crippen molar-refractivity contribution in [3.8, 4) is 23.0 Å². The zero-order chi connectivity index (χ0) is 15.1. The molecule has 0 aliphatic carbocycles. The molecule has 4 nitrogen and oxygen atoms in total. The van der Waals surface area contributed by atoms with Crippen molar-refractivity contribution in [2.24, 2.45) is 0 Å². The standard InChI is InChI=1S/C16H26O4/c1-5-7-9-19-15-12(4)11(3)13(17)14(18)16(15)20-10-8-6-2/h17-18H,5-10H2,1-4H3. The van der Waals surface area contributed by atoms with Crippen LogP contribution in [0.15, 0.2) is 0 Å². The molecule has 0 aromatic heterocycles. The van der Waals surface area contributed by atoms with Crippen molar-refractivity contribution in [2.45, 2.75) is 53.4 Å². The summed E-state index contributed by atoms with van der Waals surface area (Å²) >= 11 is 0. The highest BCUT2D eigenvalue weighted by molar-refractivity contribution is 5.65. The second kappa shape index (κ2) is 7.88. The highest BCUT2D eigenvalue weighted by Gasteiger charge is 2.21. The molecule has 4 heteroatoms. The van der Waals surface area contributed by atoms with E-state index in [9.17, 15) is 10.2 Å². The van der Waals surface area contributed by atoms with Gasteiger partial charge in [-0.3, -0.25) is 0 Å². The molecule has 0 bridgehead atoms. The zero-order valence-electron chi connectivity index (χ0n) is 13.0. The van der Waals surface area contributed by atoms with Crippen LogP contribution in [0.25, 0.3) is 0 Å². The van der Waals surface area contributed by atoms with E-state index in [1.54, 1.807) is 6.92 Å². The predicted molar refractivity (Wildman–Crippen MR) is 80.1 cm³/mol. The maximum absolute atomic E-state index is 10.1. The first-order chi connectivity index (χ1) is 9.54. The molecule has 0 heterocycles. The van der Waals surface area contributed by atoms with Crippen LogP contribution in [0.5, 0.6) is 23.0 Å². The van der Waals surface area contributed by atoms with Crippen molar-refractivity contribution in [1.82, 2.24) is 0 Å². The Labute approximate surface area is 121 Å². The molecule has 0 unspecified atom stereocenters. The van der Waals surface area contributed by atoms with Gasteiger partial charge in [0.15, 0.2) is 11.5 Å². The van der Waals surface area contributed by atoms with E-state index in [0.717, 1.165) is 31.2 Å². The minimum atomic E-state index is -0.226. The lowest BCUT2D eigenvalue weighted by Crippen LogP contribution is -2.05. The van der Waals surface area contributed by atoms with E-state index in [1.807, 2.05) is 6.92 Å². The van der Waals surface area contributed by atoms with Gasteiger partial charge in [0.25, 0.3) is 0 Å². The molecule has 0 saturated carbocycles. The van der Waals surface area contributed by atoms with Crippen LogP contribution in [0.2, 0.25) is 0 Å². The second-order valence-corrected chi connectivity index (χ2v) is 5.01. The first-order valence-corrected chi connectivity index (χ1v) is 7.35. The molecular formula is C16H26O4. The Kier molecular flexibility index (Phi) is 6.49. The maximum atomic E-state index is 10.1. The number of hydrogen-bond donors (Lipinski definition) is 2. The number of unbranched alkanes of at least 4 members (excludes halogenated alkanes) is 2. The lowest BCUT2D eigenvalue weighted by atomic mass is 10.1. The Balaban J connectivity index is 3.08. The Bertz CT molecular complexity index is 400. The van der Waals surface area contributed by atoms with Crippen LogP contribution in [0.3, 0.4) is 0 Å². The normalized spacial score (nSPS) is 10.6. The molecule has 0 atom stereocenters. The van der Waals surface area contributed by atoms with Crippen LogP contribution < -0.4 is 9.47 Å². The van der Waals surface area contributed by atoms with Crippen LogP contribution in [-0.4, -0.2) is 23.4 Å². The van der Waals surface area contributed by atoms with Gasteiger partial charge >= 0.3 is 0 Å². The minimum absolute atomic E-state index is 0.128. The van der Waals surface area contributed by atoms with Gasteiger partial charge in [0.05, 0.1) is 13.2 Å². The summed E-state index contributed by atoms with van der Waals surface area (Å²) in [6.45, 7) is 8.85. The first kappa shape index (κ1) is 16.5. The summed E-state index contributed by atoms with van der Waals surface area (Å²) in [5.74, 6) is 0.449. The molecule has 0 aliphatic rings. The Hall–Kier alpha value is -1.58. The fourth-order valence-electron chi connectivity index (χ4n) is 1.86. The largest absolute Gasteiger partial charge is 0.504 e. The van der Waals surface area contributed by atoms with E-state index in [4.69, 9.17) is 9.47 Å². The fraction of sp³-hybridized carbons (Fsp3) is 0.625. The quantitative estimate of drug-likeness (QED) is 0.557. The van der Waals surface area contributed by atoms with Crippen LogP contribution >= 0.6 is 0 Å². The summed E-state index contributed by atoms with van der Waals surface area (Å²) < 4.78 is 11.4. The number of phenolic OH excluding ortho intramolecular Hbond substituents is 2. The van der Waals surface area contributed by atoms with Crippen LogP contribution in [0.1, 0.15) is 50.7 Å². The Morgan fingerprint density at radius 3 is 1.75 bits per heavy atom. The average molecular weight is 282 g/mol. The van der Waals surface area contributed by atoms with Crippen molar-refractivity contribution in [1.29, 1.82) is 0 Å². The fourth-order valence-corrected chi connectivity index (χ4v) is 1.86.